The van der Waals surface area contributed by atoms with E-state index in [0.29, 0.717) is 22.8 Å². The highest BCUT2D eigenvalue weighted by Gasteiger charge is 2.20. The highest BCUT2D eigenvalue weighted by Crippen LogP contribution is 2.45. The minimum atomic E-state index is -0.0934. The lowest BCUT2D eigenvalue weighted by atomic mass is 9.95. The molecular formula is C26H27NO4. The van der Waals surface area contributed by atoms with E-state index in [9.17, 15) is 4.79 Å². The minimum absolute atomic E-state index is 0.0934. The first-order valence-electron chi connectivity index (χ1n) is 9.88. The maximum absolute atomic E-state index is 13.1. The van der Waals surface area contributed by atoms with Gasteiger partial charge in [0.1, 0.15) is 0 Å². The number of rotatable bonds is 8. The van der Waals surface area contributed by atoms with Crippen LogP contribution in [-0.2, 0) is 0 Å². The number of allylic oxidation sites excluding steroid dienone is 1. The summed E-state index contributed by atoms with van der Waals surface area (Å²) in [5.41, 5.74) is 4.16. The topological polar surface area (TPSA) is 48.0 Å². The average Bonchev–Trinajstić information content (AvgIpc) is 2.81. The van der Waals surface area contributed by atoms with Crippen molar-refractivity contribution < 1.29 is 19.0 Å². The van der Waals surface area contributed by atoms with Crippen molar-refractivity contribution in [2.24, 2.45) is 0 Å². The maximum atomic E-state index is 13.1. The Labute approximate surface area is 183 Å². The first-order valence-corrected chi connectivity index (χ1v) is 9.88. The molecule has 0 unspecified atom stereocenters. The fraction of sp³-hybridized carbons (Fsp3) is 0.192. The first-order chi connectivity index (χ1) is 15.0. The Bertz CT molecular complexity index is 1090. The van der Waals surface area contributed by atoms with Gasteiger partial charge < -0.3 is 19.1 Å². The second-order valence-electron chi connectivity index (χ2n) is 7.11. The number of hydrogen-bond donors (Lipinski definition) is 0. The lowest BCUT2D eigenvalue weighted by Gasteiger charge is -2.17. The molecule has 3 aromatic carbocycles. The summed E-state index contributed by atoms with van der Waals surface area (Å²) in [6, 6.07) is 19.2. The van der Waals surface area contributed by atoms with Gasteiger partial charge in [0.2, 0.25) is 5.75 Å². The zero-order valence-corrected chi connectivity index (χ0v) is 18.5. The molecule has 0 saturated carbocycles. The van der Waals surface area contributed by atoms with E-state index >= 15 is 0 Å². The van der Waals surface area contributed by atoms with Crippen LogP contribution >= 0.6 is 0 Å². The number of benzene rings is 3. The Morgan fingerprint density at radius 1 is 0.774 bits per heavy atom. The Hall–Kier alpha value is -3.73. The van der Waals surface area contributed by atoms with Crippen LogP contribution in [0.15, 0.2) is 66.7 Å². The molecule has 0 aliphatic carbocycles. The van der Waals surface area contributed by atoms with Crippen molar-refractivity contribution in [3.8, 4) is 28.4 Å². The normalized spacial score (nSPS) is 10.7. The molecule has 0 amide bonds. The van der Waals surface area contributed by atoms with E-state index in [1.165, 1.54) is 0 Å². The largest absolute Gasteiger partial charge is 0.493 e. The van der Waals surface area contributed by atoms with E-state index < -0.39 is 0 Å². The summed E-state index contributed by atoms with van der Waals surface area (Å²) in [7, 11) is 8.69. The van der Waals surface area contributed by atoms with Crippen molar-refractivity contribution in [1.29, 1.82) is 0 Å². The third-order valence-electron chi connectivity index (χ3n) is 5.02. The molecule has 0 heterocycles. The van der Waals surface area contributed by atoms with Crippen molar-refractivity contribution in [2.45, 2.75) is 0 Å². The zero-order valence-electron chi connectivity index (χ0n) is 18.5. The second-order valence-corrected chi connectivity index (χ2v) is 7.11. The summed E-state index contributed by atoms with van der Waals surface area (Å²) in [4.78, 5) is 15.1. The van der Waals surface area contributed by atoms with Gasteiger partial charge in [-0.2, -0.15) is 0 Å². The van der Waals surface area contributed by atoms with Gasteiger partial charge in [-0.05, 0) is 41.5 Å². The van der Waals surface area contributed by atoms with E-state index in [0.717, 1.165) is 22.4 Å². The van der Waals surface area contributed by atoms with Crippen LogP contribution in [0.4, 0.5) is 5.69 Å². The van der Waals surface area contributed by atoms with Gasteiger partial charge in [-0.3, -0.25) is 4.79 Å². The monoisotopic (exact) mass is 417 g/mol. The molecule has 0 aliphatic rings. The van der Waals surface area contributed by atoms with Gasteiger partial charge in [-0.1, -0.05) is 42.5 Å². The van der Waals surface area contributed by atoms with Gasteiger partial charge in [-0.25, -0.2) is 0 Å². The summed E-state index contributed by atoms with van der Waals surface area (Å²) < 4.78 is 16.5. The molecule has 0 radical (unpaired) electrons. The highest BCUT2D eigenvalue weighted by atomic mass is 16.5. The molecule has 0 bridgehead atoms. The van der Waals surface area contributed by atoms with E-state index in [1.807, 2.05) is 79.7 Å². The molecule has 0 spiro atoms. The van der Waals surface area contributed by atoms with Crippen molar-refractivity contribution in [3.05, 3.63) is 77.9 Å². The SMILES string of the molecule is COc1ccc(-c2ccccc2C(=O)C=Cc2ccc(N(C)C)cc2)c(OC)c1OC. The lowest BCUT2D eigenvalue weighted by molar-refractivity contribution is 0.104. The number of nitrogens with zero attached hydrogens (tertiary/aromatic N) is 1. The molecule has 0 fully saturated rings. The van der Waals surface area contributed by atoms with E-state index in [-0.39, 0.29) is 5.78 Å². The Balaban J connectivity index is 1.98. The van der Waals surface area contributed by atoms with Crippen LogP contribution in [0.3, 0.4) is 0 Å². The van der Waals surface area contributed by atoms with Crippen molar-refractivity contribution in [1.82, 2.24) is 0 Å². The summed E-state index contributed by atoms with van der Waals surface area (Å²) in [5.74, 6) is 1.48. The van der Waals surface area contributed by atoms with Crippen molar-refractivity contribution >= 4 is 17.5 Å². The molecule has 5 heteroatoms. The number of ketones is 1. The molecule has 5 nitrogen and oxygen atoms in total. The summed E-state index contributed by atoms with van der Waals surface area (Å²) >= 11 is 0. The maximum Gasteiger partial charge on any atom is 0.203 e. The summed E-state index contributed by atoms with van der Waals surface area (Å²) in [6.45, 7) is 0. The molecule has 0 N–H and O–H groups in total. The predicted octanol–water partition coefficient (Wildman–Crippen LogP) is 5.34. The van der Waals surface area contributed by atoms with Crippen LogP contribution in [0.25, 0.3) is 17.2 Å². The van der Waals surface area contributed by atoms with Gasteiger partial charge in [0.15, 0.2) is 17.3 Å². The zero-order chi connectivity index (χ0) is 22.4. The fourth-order valence-corrected chi connectivity index (χ4v) is 3.39. The van der Waals surface area contributed by atoms with Crippen molar-refractivity contribution in [2.75, 3.05) is 40.3 Å². The number of carbonyl (C=O) groups excluding carboxylic acids is 1. The first kappa shape index (κ1) is 22.0. The Kier molecular flexibility index (Phi) is 6.98. The molecule has 31 heavy (non-hydrogen) atoms. The van der Waals surface area contributed by atoms with Gasteiger partial charge in [0.05, 0.1) is 21.3 Å². The Morgan fingerprint density at radius 3 is 2.06 bits per heavy atom. The van der Waals surface area contributed by atoms with E-state index in [1.54, 1.807) is 33.5 Å². The van der Waals surface area contributed by atoms with E-state index in [4.69, 9.17) is 14.2 Å². The van der Waals surface area contributed by atoms with Crippen LogP contribution in [0.2, 0.25) is 0 Å². The third kappa shape index (κ3) is 4.72. The molecule has 3 aromatic rings. The van der Waals surface area contributed by atoms with Crippen LogP contribution in [0.1, 0.15) is 15.9 Å². The standard InChI is InChI=1S/C26H27NO4/c1-27(2)19-13-10-18(11-14-19)12-16-23(28)21-9-7-6-8-20(21)22-15-17-24(29-3)26(31-5)25(22)30-4/h6-17H,1-5H3. The lowest BCUT2D eigenvalue weighted by Crippen LogP contribution is -2.07. The molecule has 0 aromatic heterocycles. The third-order valence-corrected chi connectivity index (χ3v) is 5.02. The van der Waals surface area contributed by atoms with Crippen LogP contribution in [0.5, 0.6) is 17.2 Å². The molecule has 0 saturated heterocycles. The number of ether oxygens (including phenoxy) is 3. The fourth-order valence-electron chi connectivity index (χ4n) is 3.39. The van der Waals surface area contributed by atoms with Gasteiger partial charge in [0, 0.05) is 30.9 Å². The van der Waals surface area contributed by atoms with Gasteiger partial charge in [-0.15, -0.1) is 0 Å². The molecule has 160 valence electrons. The van der Waals surface area contributed by atoms with Crippen LogP contribution < -0.4 is 19.1 Å². The molecule has 0 atom stereocenters. The molecular weight excluding hydrogens is 390 g/mol. The summed E-state index contributed by atoms with van der Waals surface area (Å²) in [5, 5.41) is 0. The highest BCUT2D eigenvalue weighted by molar-refractivity contribution is 6.11. The van der Waals surface area contributed by atoms with Gasteiger partial charge in [0.25, 0.3) is 0 Å². The molecule has 3 rings (SSSR count). The summed E-state index contributed by atoms with van der Waals surface area (Å²) in [6.07, 6.45) is 3.42. The number of anilines is 1. The number of carbonyl (C=O) groups is 1. The van der Waals surface area contributed by atoms with Crippen molar-refractivity contribution in [3.63, 3.8) is 0 Å². The quantitative estimate of drug-likeness (QED) is 0.366. The average molecular weight is 418 g/mol. The van der Waals surface area contributed by atoms with Crippen LogP contribution in [0, 0.1) is 0 Å². The smallest absolute Gasteiger partial charge is 0.203 e. The van der Waals surface area contributed by atoms with Gasteiger partial charge >= 0.3 is 0 Å². The van der Waals surface area contributed by atoms with Crippen LogP contribution in [-0.4, -0.2) is 41.2 Å². The predicted molar refractivity (Wildman–Crippen MR) is 126 cm³/mol. The number of methoxy groups -OCH3 is 3. The van der Waals surface area contributed by atoms with E-state index in [2.05, 4.69) is 0 Å². The molecule has 0 aliphatic heterocycles. The second kappa shape index (κ2) is 9.85. The number of hydrogen-bond acceptors (Lipinski definition) is 5. The Morgan fingerprint density at radius 2 is 1.45 bits per heavy atom. The minimum Gasteiger partial charge on any atom is -0.493 e.